The normalized spacial score (nSPS) is 10.3. The summed E-state index contributed by atoms with van der Waals surface area (Å²) in [6, 6.07) is 1.61. The standard InChI is InChI=1S/C14H22N4O3/c1-5-18(8-13(19)17-9(2)3)12-6-10(14(20)21-4)11(15)7-16-12/h6-7,9H,5,8,15H2,1-4H3,(H,17,19). The molecule has 0 aliphatic carbocycles. The van der Waals surface area contributed by atoms with E-state index < -0.39 is 5.97 Å². The van der Waals surface area contributed by atoms with E-state index in [9.17, 15) is 9.59 Å². The third-order valence-corrected chi connectivity index (χ3v) is 2.82. The highest BCUT2D eigenvalue weighted by Gasteiger charge is 2.16. The van der Waals surface area contributed by atoms with E-state index in [1.54, 1.807) is 4.90 Å². The first-order chi connectivity index (χ1) is 9.88. The number of likely N-dealkylation sites (N-methyl/N-ethyl adjacent to an activating group) is 1. The summed E-state index contributed by atoms with van der Waals surface area (Å²) in [6.45, 7) is 6.42. The number of aromatic nitrogens is 1. The highest BCUT2D eigenvalue weighted by Crippen LogP contribution is 2.18. The third-order valence-electron chi connectivity index (χ3n) is 2.82. The Morgan fingerprint density at radius 1 is 1.48 bits per heavy atom. The van der Waals surface area contributed by atoms with Crippen LogP contribution in [0.25, 0.3) is 0 Å². The van der Waals surface area contributed by atoms with Crippen LogP contribution in [0.2, 0.25) is 0 Å². The molecular weight excluding hydrogens is 272 g/mol. The molecule has 1 aromatic rings. The van der Waals surface area contributed by atoms with Crippen LogP contribution < -0.4 is 16.0 Å². The van der Waals surface area contributed by atoms with E-state index in [1.807, 2.05) is 20.8 Å². The van der Waals surface area contributed by atoms with Crippen molar-refractivity contribution in [2.24, 2.45) is 0 Å². The van der Waals surface area contributed by atoms with Gasteiger partial charge in [-0.25, -0.2) is 9.78 Å². The quantitative estimate of drug-likeness (QED) is 0.753. The predicted octanol–water partition coefficient (Wildman–Crippen LogP) is 0.801. The van der Waals surface area contributed by atoms with E-state index >= 15 is 0 Å². The number of ether oxygens (including phenoxy) is 1. The molecule has 0 fully saturated rings. The van der Waals surface area contributed by atoms with Crippen molar-refractivity contribution < 1.29 is 14.3 Å². The summed E-state index contributed by atoms with van der Waals surface area (Å²) in [5, 5.41) is 2.81. The Morgan fingerprint density at radius 3 is 2.67 bits per heavy atom. The van der Waals surface area contributed by atoms with Crippen molar-refractivity contribution in [3.8, 4) is 0 Å². The van der Waals surface area contributed by atoms with Crippen LogP contribution in [0.15, 0.2) is 12.3 Å². The number of nitrogen functional groups attached to an aromatic ring is 1. The van der Waals surface area contributed by atoms with Gasteiger partial charge in [-0.2, -0.15) is 0 Å². The first kappa shape index (κ1) is 16.7. The maximum Gasteiger partial charge on any atom is 0.340 e. The molecule has 0 radical (unpaired) electrons. The van der Waals surface area contributed by atoms with Crippen molar-refractivity contribution in [3.05, 3.63) is 17.8 Å². The van der Waals surface area contributed by atoms with Crippen LogP contribution in [0.3, 0.4) is 0 Å². The van der Waals surface area contributed by atoms with Gasteiger partial charge in [-0.05, 0) is 26.8 Å². The molecule has 21 heavy (non-hydrogen) atoms. The number of carbonyl (C=O) groups is 2. The Hall–Kier alpha value is -2.31. The number of amides is 1. The zero-order valence-electron chi connectivity index (χ0n) is 12.8. The van der Waals surface area contributed by atoms with Crippen molar-refractivity contribution in [1.29, 1.82) is 0 Å². The molecule has 7 heteroatoms. The number of anilines is 2. The minimum Gasteiger partial charge on any atom is -0.465 e. The van der Waals surface area contributed by atoms with Crippen molar-refractivity contribution in [2.45, 2.75) is 26.8 Å². The molecule has 7 nitrogen and oxygen atoms in total. The van der Waals surface area contributed by atoms with Crippen LogP contribution in [0.5, 0.6) is 0 Å². The molecule has 1 rings (SSSR count). The van der Waals surface area contributed by atoms with Crippen molar-refractivity contribution in [1.82, 2.24) is 10.3 Å². The fraction of sp³-hybridized carbons (Fsp3) is 0.500. The number of pyridine rings is 1. The van der Waals surface area contributed by atoms with Crippen LogP contribution in [-0.4, -0.2) is 43.1 Å². The molecule has 0 aliphatic heterocycles. The molecule has 0 saturated carbocycles. The molecule has 1 aromatic heterocycles. The Morgan fingerprint density at radius 2 is 2.14 bits per heavy atom. The number of nitrogens with one attached hydrogen (secondary N) is 1. The first-order valence-corrected chi connectivity index (χ1v) is 6.77. The highest BCUT2D eigenvalue weighted by atomic mass is 16.5. The summed E-state index contributed by atoms with van der Waals surface area (Å²) in [5.74, 6) is -0.130. The third kappa shape index (κ3) is 4.62. The zero-order chi connectivity index (χ0) is 16.0. The van der Waals surface area contributed by atoms with E-state index in [-0.39, 0.29) is 29.7 Å². The van der Waals surface area contributed by atoms with Crippen LogP contribution in [0.1, 0.15) is 31.1 Å². The molecule has 116 valence electrons. The lowest BCUT2D eigenvalue weighted by molar-refractivity contribution is -0.120. The summed E-state index contributed by atoms with van der Waals surface area (Å²) in [6.07, 6.45) is 1.39. The van der Waals surface area contributed by atoms with Crippen LogP contribution in [0, 0.1) is 0 Å². The average molecular weight is 294 g/mol. The number of rotatable bonds is 6. The summed E-state index contributed by atoms with van der Waals surface area (Å²) < 4.78 is 4.67. The second kappa shape index (κ2) is 7.47. The molecule has 0 spiro atoms. The maximum atomic E-state index is 11.8. The summed E-state index contributed by atoms with van der Waals surface area (Å²) >= 11 is 0. The number of hydrogen-bond donors (Lipinski definition) is 2. The minimum atomic E-state index is -0.529. The van der Waals surface area contributed by atoms with Gasteiger partial charge in [-0.1, -0.05) is 0 Å². The molecule has 0 bridgehead atoms. The van der Waals surface area contributed by atoms with Gasteiger partial charge >= 0.3 is 5.97 Å². The molecule has 0 saturated heterocycles. The van der Waals surface area contributed by atoms with E-state index in [2.05, 4.69) is 15.0 Å². The van der Waals surface area contributed by atoms with Gasteiger partial charge in [0, 0.05) is 12.6 Å². The van der Waals surface area contributed by atoms with Gasteiger partial charge in [-0.3, -0.25) is 4.79 Å². The largest absolute Gasteiger partial charge is 0.465 e. The number of hydrogen-bond acceptors (Lipinski definition) is 6. The molecule has 0 aliphatic rings. The summed E-state index contributed by atoms with van der Waals surface area (Å²) in [4.78, 5) is 29.4. The van der Waals surface area contributed by atoms with Gasteiger partial charge in [-0.15, -0.1) is 0 Å². The van der Waals surface area contributed by atoms with Gasteiger partial charge in [0.25, 0.3) is 0 Å². The van der Waals surface area contributed by atoms with Gasteiger partial charge in [0.1, 0.15) is 5.82 Å². The number of nitrogens with zero attached hydrogens (tertiary/aromatic N) is 2. The van der Waals surface area contributed by atoms with Crippen LogP contribution >= 0.6 is 0 Å². The maximum absolute atomic E-state index is 11.8. The van der Waals surface area contributed by atoms with E-state index in [0.717, 1.165) is 0 Å². The van der Waals surface area contributed by atoms with Crippen molar-refractivity contribution in [2.75, 3.05) is 30.8 Å². The Kier molecular flexibility index (Phi) is 5.95. The second-order valence-corrected chi connectivity index (χ2v) is 4.86. The summed E-state index contributed by atoms with van der Waals surface area (Å²) in [7, 11) is 1.29. The van der Waals surface area contributed by atoms with Crippen LogP contribution in [0.4, 0.5) is 11.5 Å². The van der Waals surface area contributed by atoms with Gasteiger partial charge in [0.2, 0.25) is 5.91 Å². The van der Waals surface area contributed by atoms with E-state index in [4.69, 9.17) is 5.73 Å². The number of esters is 1. The summed E-state index contributed by atoms with van der Waals surface area (Å²) in [5.41, 5.74) is 6.20. The Bertz CT molecular complexity index is 517. The SMILES string of the molecule is CCN(CC(=O)NC(C)C)c1cc(C(=O)OC)c(N)cn1. The number of nitrogens with two attached hydrogens (primary N) is 1. The number of carbonyl (C=O) groups excluding carboxylic acids is 2. The van der Waals surface area contributed by atoms with Crippen molar-refractivity contribution >= 4 is 23.4 Å². The molecule has 1 amide bonds. The average Bonchev–Trinajstić information content (AvgIpc) is 2.44. The van der Waals surface area contributed by atoms with E-state index in [1.165, 1.54) is 19.4 Å². The molecule has 1 heterocycles. The molecular formula is C14H22N4O3. The minimum absolute atomic E-state index is 0.0706. The zero-order valence-corrected chi connectivity index (χ0v) is 12.8. The van der Waals surface area contributed by atoms with Gasteiger partial charge < -0.3 is 20.7 Å². The Balaban J connectivity index is 2.95. The van der Waals surface area contributed by atoms with Gasteiger partial charge in [0.15, 0.2) is 0 Å². The molecule has 3 N–H and O–H groups in total. The predicted molar refractivity (Wildman–Crippen MR) is 81.2 cm³/mol. The Labute approximate surface area is 124 Å². The molecule has 0 atom stereocenters. The molecule has 0 aromatic carbocycles. The topological polar surface area (TPSA) is 97.5 Å². The lowest BCUT2D eigenvalue weighted by Gasteiger charge is -2.22. The molecule has 0 unspecified atom stereocenters. The lowest BCUT2D eigenvalue weighted by Crippen LogP contribution is -2.40. The monoisotopic (exact) mass is 294 g/mol. The first-order valence-electron chi connectivity index (χ1n) is 6.77. The lowest BCUT2D eigenvalue weighted by atomic mass is 10.2. The second-order valence-electron chi connectivity index (χ2n) is 4.86. The fourth-order valence-electron chi connectivity index (χ4n) is 1.81. The highest BCUT2D eigenvalue weighted by molar-refractivity contribution is 5.95. The van der Waals surface area contributed by atoms with Crippen LogP contribution in [-0.2, 0) is 9.53 Å². The fourth-order valence-corrected chi connectivity index (χ4v) is 1.81. The number of methoxy groups -OCH3 is 1. The van der Waals surface area contributed by atoms with Gasteiger partial charge in [0.05, 0.1) is 31.1 Å². The van der Waals surface area contributed by atoms with Crippen molar-refractivity contribution in [3.63, 3.8) is 0 Å². The van der Waals surface area contributed by atoms with E-state index in [0.29, 0.717) is 12.4 Å². The smallest absolute Gasteiger partial charge is 0.340 e.